The molecule has 0 saturated carbocycles. The molecule has 0 aliphatic carbocycles. The molecular formula is C7H15N3O3S. The largest absolute Gasteiger partial charge is 0.480 e. The van der Waals surface area contributed by atoms with Gasteiger partial charge in [-0.25, -0.2) is 0 Å². The first-order chi connectivity index (χ1) is 6.43. The standard InChI is InChI=1S/C7H15N3O3S/c1-5(8)10-2-3-14(13)4-6(9)7(11)12/h6H,2-4,9H2,1H3,(H2,8,10)(H,11,12)/t6-,14?/m0/s1. The Morgan fingerprint density at radius 3 is 2.64 bits per heavy atom. The van der Waals surface area contributed by atoms with Gasteiger partial charge in [-0.2, -0.15) is 0 Å². The molecule has 1 unspecified atom stereocenters. The van der Waals surface area contributed by atoms with Crippen LogP contribution in [0.15, 0.2) is 4.99 Å². The number of rotatable bonds is 6. The van der Waals surface area contributed by atoms with Crippen LogP contribution in [0.3, 0.4) is 0 Å². The fraction of sp³-hybridized carbons (Fsp3) is 0.714. The van der Waals surface area contributed by atoms with Gasteiger partial charge in [0.05, 0.1) is 12.4 Å². The number of amidine groups is 1. The summed E-state index contributed by atoms with van der Waals surface area (Å²) in [5.74, 6) is -0.481. The van der Waals surface area contributed by atoms with Crippen molar-refractivity contribution in [1.29, 1.82) is 0 Å². The van der Waals surface area contributed by atoms with E-state index in [2.05, 4.69) is 4.99 Å². The van der Waals surface area contributed by atoms with Crippen LogP contribution in [0.4, 0.5) is 0 Å². The summed E-state index contributed by atoms with van der Waals surface area (Å²) >= 11 is 0. The smallest absolute Gasteiger partial charge is 0.321 e. The minimum atomic E-state index is -1.26. The summed E-state index contributed by atoms with van der Waals surface area (Å²) in [5, 5.41) is 8.44. The molecule has 82 valence electrons. The maximum absolute atomic E-state index is 11.2. The van der Waals surface area contributed by atoms with E-state index in [1.54, 1.807) is 6.92 Å². The van der Waals surface area contributed by atoms with Crippen LogP contribution >= 0.6 is 0 Å². The molecule has 14 heavy (non-hydrogen) atoms. The van der Waals surface area contributed by atoms with Crippen LogP contribution in [0.25, 0.3) is 0 Å². The molecule has 0 bridgehead atoms. The van der Waals surface area contributed by atoms with Crippen molar-refractivity contribution in [3.63, 3.8) is 0 Å². The van der Waals surface area contributed by atoms with Gasteiger partial charge < -0.3 is 16.6 Å². The highest BCUT2D eigenvalue weighted by molar-refractivity contribution is 7.85. The molecule has 0 radical (unpaired) electrons. The first-order valence-electron chi connectivity index (χ1n) is 4.03. The minimum Gasteiger partial charge on any atom is -0.480 e. The molecule has 0 aromatic rings. The zero-order chi connectivity index (χ0) is 11.1. The molecule has 7 heteroatoms. The van der Waals surface area contributed by atoms with E-state index in [4.69, 9.17) is 16.6 Å². The van der Waals surface area contributed by atoms with Crippen molar-refractivity contribution in [2.75, 3.05) is 18.1 Å². The molecule has 0 fully saturated rings. The summed E-state index contributed by atoms with van der Waals surface area (Å²) < 4.78 is 11.2. The molecule has 0 aromatic heterocycles. The third kappa shape index (κ3) is 6.55. The first-order valence-corrected chi connectivity index (χ1v) is 5.52. The molecule has 0 aliphatic heterocycles. The Labute approximate surface area is 84.8 Å². The lowest BCUT2D eigenvalue weighted by Crippen LogP contribution is -2.36. The zero-order valence-corrected chi connectivity index (χ0v) is 8.79. The van der Waals surface area contributed by atoms with Gasteiger partial charge in [0.2, 0.25) is 0 Å². The number of nitrogens with two attached hydrogens (primary N) is 2. The van der Waals surface area contributed by atoms with E-state index in [1.165, 1.54) is 0 Å². The fourth-order valence-electron chi connectivity index (χ4n) is 0.679. The van der Waals surface area contributed by atoms with E-state index >= 15 is 0 Å². The average Bonchev–Trinajstić information content (AvgIpc) is 2.02. The van der Waals surface area contributed by atoms with Crippen LogP contribution in [-0.2, 0) is 15.6 Å². The Morgan fingerprint density at radius 2 is 2.21 bits per heavy atom. The summed E-state index contributed by atoms with van der Waals surface area (Å²) in [6.45, 7) is 1.97. The quantitative estimate of drug-likeness (QED) is 0.373. The van der Waals surface area contributed by atoms with E-state index in [0.717, 1.165) is 0 Å². The second-order valence-electron chi connectivity index (χ2n) is 2.78. The number of carbonyl (C=O) groups is 1. The maximum atomic E-state index is 11.2. The highest BCUT2D eigenvalue weighted by Crippen LogP contribution is 1.88. The van der Waals surface area contributed by atoms with Gasteiger partial charge in [0.15, 0.2) is 0 Å². The zero-order valence-electron chi connectivity index (χ0n) is 7.97. The van der Waals surface area contributed by atoms with Crippen LogP contribution in [0.5, 0.6) is 0 Å². The molecule has 2 atom stereocenters. The van der Waals surface area contributed by atoms with Crippen LogP contribution < -0.4 is 11.5 Å². The third-order valence-electron chi connectivity index (χ3n) is 1.36. The normalized spacial score (nSPS) is 16.3. The van der Waals surface area contributed by atoms with Gasteiger partial charge in [-0.1, -0.05) is 0 Å². The van der Waals surface area contributed by atoms with Gasteiger partial charge in [0.25, 0.3) is 0 Å². The summed E-state index contributed by atoms with van der Waals surface area (Å²) in [6, 6.07) is -1.07. The van der Waals surface area contributed by atoms with E-state index in [9.17, 15) is 9.00 Å². The molecule has 0 amide bonds. The second kappa shape index (κ2) is 6.50. The first kappa shape index (κ1) is 13.1. The van der Waals surface area contributed by atoms with Crippen LogP contribution in [0.2, 0.25) is 0 Å². The van der Waals surface area contributed by atoms with Crippen LogP contribution in [0, 0.1) is 0 Å². The van der Waals surface area contributed by atoms with Gasteiger partial charge in [-0.3, -0.25) is 14.0 Å². The van der Waals surface area contributed by atoms with E-state index in [0.29, 0.717) is 12.4 Å². The molecule has 0 saturated heterocycles. The van der Waals surface area contributed by atoms with Gasteiger partial charge in [0.1, 0.15) is 6.04 Å². The maximum Gasteiger partial charge on any atom is 0.321 e. The molecular weight excluding hydrogens is 206 g/mol. The Bertz CT molecular complexity index is 251. The summed E-state index contributed by atoms with van der Waals surface area (Å²) in [4.78, 5) is 14.1. The Balaban J connectivity index is 3.77. The van der Waals surface area contributed by atoms with Crippen molar-refractivity contribution in [2.45, 2.75) is 13.0 Å². The average molecular weight is 221 g/mol. The Morgan fingerprint density at radius 1 is 1.64 bits per heavy atom. The number of carboxylic acid groups (broad SMARTS) is 1. The highest BCUT2D eigenvalue weighted by atomic mass is 32.2. The monoisotopic (exact) mass is 221 g/mol. The predicted molar refractivity (Wildman–Crippen MR) is 55.7 cm³/mol. The van der Waals surface area contributed by atoms with Gasteiger partial charge in [0, 0.05) is 22.3 Å². The number of aliphatic carboxylic acids is 1. The molecule has 0 aliphatic rings. The van der Waals surface area contributed by atoms with Crippen molar-refractivity contribution in [1.82, 2.24) is 0 Å². The number of carboxylic acids is 1. The SMILES string of the molecule is CC(N)=NCCS(=O)C[C@H](N)C(=O)O. The van der Waals surface area contributed by atoms with Gasteiger partial charge >= 0.3 is 5.97 Å². The van der Waals surface area contributed by atoms with Crippen molar-refractivity contribution >= 4 is 22.6 Å². The number of hydrogen-bond donors (Lipinski definition) is 3. The molecule has 6 nitrogen and oxygen atoms in total. The summed E-state index contributed by atoms with van der Waals surface area (Å²) in [5.41, 5.74) is 10.5. The number of aliphatic imine (C=N–C) groups is 1. The minimum absolute atomic E-state index is 0.0472. The van der Waals surface area contributed by atoms with E-state index in [1.807, 2.05) is 0 Å². The number of nitrogens with zero attached hydrogens (tertiary/aromatic N) is 1. The van der Waals surface area contributed by atoms with E-state index < -0.39 is 22.8 Å². The number of hydrogen-bond acceptors (Lipinski definition) is 4. The molecule has 0 rings (SSSR count). The molecule has 0 heterocycles. The Kier molecular flexibility index (Phi) is 6.06. The van der Waals surface area contributed by atoms with Crippen LogP contribution in [-0.4, -0.2) is 45.2 Å². The summed E-state index contributed by atoms with van der Waals surface area (Å²) in [7, 11) is -1.26. The lowest BCUT2D eigenvalue weighted by Gasteiger charge is -2.04. The molecule has 5 N–H and O–H groups in total. The third-order valence-corrected chi connectivity index (χ3v) is 2.73. The summed E-state index contributed by atoms with van der Waals surface area (Å²) in [6.07, 6.45) is 0. The fourth-order valence-corrected chi connectivity index (χ4v) is 1.68. The molecule has 0 aromatic carbocycles. The lowest BCUT2D eigenvalue weighted by molar-refractivity contribution is -0.137. The Hall–Kier alpha value is -0.950. The van der Waals surface area contributed by atoms with Crippen LogP contribution in [0.1, 0.15) is 6.92 Å². The topological polar surface area (TPSA) is 119 Å². The van der Waals surface area contributed by atoms with Gasteiger partial charge in [-0.15, -0.1) is 0 Å². The predicted octanol–water partition coefficient (Wildman–Crippen LogP) is -1.48. The second-order valence-corrected chi connectivity index (χ2v) is 4.40. The lowest BCUT2D eigenvalue weighted by atomic mass is 10.4. The van der Waals surface area contributed by atoms with Crippen molar-refractivity contribution in [3.8, 4) is 0 Å². The van der Waals surface area contributed by atoms with Crippen molar-refractivity contribution < 1.29 is 14.1 Å². The molecule has 0 spiro atoms. The van der Waals surface area contributed by atoms with Crippen molar-refractivity contribution in [3.05, 3.63) is 0 Å². The van der Waals surface area contributed by atoms with Gasteiger partial charge in [-0.05, 0) is 6.92 Å². The van der Waals surface area contributed by atoms with Crippen molar-refractivity contribution in [2.24, 2.45) is 16.5 Å². The highest BCUT2D eigenvalue weighted by Gasteiger charge is 2.14. The van der Waals surface area contributed by atoms with E-state index in [-0.39, 0.29) is 11.5 Å².